The largest absolute Gasteiger partial charge is 0.378 e. The summed E-state index contributed by atoms with van der Waals surface area (Å²) in [6, 6.07) is -0.627. The quantitative estimate of drug-likeness (QED) is 0.691. The minimum absolute atomic E-state index is 0.103. The number of hydrogen-bond donors (Lipinski definition) is 0. The molecule has 0 N–H and O–H groups in total. The van der Waals surface area contributed by atoms with E-state index in [2.05, 4.69) is 0 Å². The van der Waals surface area contributed by atoms with Crippen LogP contribution in [0.5, 0.6) is 0 Å². The Morgan fingerprint density at radius 1 is 1.44 bits per heavy atom. The highest BCUT2D eigenvalue weighted by Gasteiger charge is 2.40. The summed E-state index contributed by atoms with van der Waals surface area (Å²) < 4.78 is 30.2. The minimum atomic E-state index is -3.07. The lowest BCUT2D eigenvalue weighted by Crippen LogP contribution is -2.49. The van der Waals surface area contributed by atoms with Crippen LogP contribution in [0.4, 0.5) is 8.78 Å². The fourth-order valence-corrected chi connectivity index (χ4v) is 2.26. The van der Waals surface area contributed by atoms with E-state index in [0.29, 0.717) is 6.42 Å². The Bertz CT molecular complexity index is 315. The van der Waals surface area contributed by atoms with Crippen LogP contribution in [-0.2, 0) is 14.3 Å². The van der Waals surface area contributed by atoms with Crippen LogP contribution in [0.25, 0.3) is 0 Å². The molecule has 0 aromatic rings. The minimum Gasteiger partial charge on any atom is -0.378 e. The number of hydrogen-bond acceptors (Lipinski definition) is 3. The van der Waals surface area contributed by atoms with Gasteiger partial charge in [0.2, 0.25) is 0 Å². The third-order valence-corrected chi connectivity index (χ3v) is 3.19. The first-order valence-corrected chi connectivity index (χ1v) is 6.31. The highest BCUT2D eigenvalue weighted by atomic mass is 35.5. The van der Waals surface area contributed by atoms with Gasteiger partial charge in [-0.25, -0.2) is 0 Å². The lowest BCUT2D eigenvalue weighted by atomic mass is 9.97. The molecule has 0 aromatic carbocycles. The molecule has 4 nitrogen and oxygen atoms in total. The van der Waals surface area contributed by atoms with Gasteiger partial charge in [0.15, 0.2) is 5.78 Å². The average molecular weight is 284 g/mol. The molecule has 104 valence electrons. The van der Waals surface area contributed by atoms with E-state index in [-0.39, 0.29) is 31.4 Å². The van der Waals surface area contributed by atoms with Gasteiger partial charge in [0, 0.05) is 6.54 Å². The van der Waals surface area contributed by atoms with Gasteiger partial charge in [-0.05, 0) is 6.42 Å². The first-order valence-electron chi connectivity index (χ1n) is 5.78. The molecule has 1 aliphatic heterocycles. The molecule has 2 atom stereocenters. The first kappa shape index (κ1) is 15.3. The molecule has 0 aliphatic carbocycles. The molecule has 0 aromatic heterocycles. The molecule has 0 radical (unpaired) electrons. The summed E-state index contributed by atoms with van der Waals surface area (Å²) in [5.74, 6) is -2.33. The van der Waals surface area contributed by atoms with E-state index >= 15 is 0 Å². The maximum Gasteiger partial charge on any atom is 0.315 e. The summed E-state index contributed by atoms with van der Waals surface area (Å²) in [4.78, 5) is 24.1. The van der Waals surface area contributed by atoms with Gasteiger partial charge in [0.05, 0.1) is 31.1 Å². The van der Waals surface area contributed by atoms with Crippen LogP contribution < -0.4 is 0 Å². The van der Waals surface area contributed by atoms with Crippen LogP contribution in [0.3, 0.4) is 0 Å². The number of amides is 1. The van der Waals surface area contributed by atoms with Gasteiger partial charge in [0.1, 0.15) is 0 Å². The van der Waals surface area contributed by atoms with Gasteiger partial charge in [0.25, 0.3) is 5.91 Å². The Kier molecular flexibility index (Phi) is 5.95. The number of ether oxygens (including phenoxy) is 1. The topological polar surface area (TPSA) is 46.6 Å². The van der Waals surface area contributed by atoms with Crippen molar-refractivity contribution in [3.63, 3.8) is 0 Å². The van der Waals surface area contributed by atoms with E-state index in [1.165, 1.54) is 0 Å². The first-order chi connectivity index (χ1) is 8.52. The van der Waals surface area contributed by atoms with Crippen molar-refractivity contribution < 1.29 is 23.1 Å². The smallest absolute Gasteiger partial charge is 0.315 e. The summed E-state index contributed by atoms with van der Waals surface area (Å²) in [7, 11) is 0. The molecule has 2 unspecified atom stereocenters. The molecular weight excluding hydrogens is 268 g/mol. The molecule has 0 spiro atoms. The van der Waals surface area contributed by atoms with Gasteiger partial charge >= 0.3 is 6.43 Å². The standard InChI is InChI=1S/C11H16ClF2NO3/c1-2-3-15(11(17)10(13)14)8-6-18-5-7(8)9(16)4-12/h7-8,10H,2-6H2,1H3. The van der Waals surface area contributed by atoms with Crippen molar-refractivity contribution in [1.29, 1.82) is 0 Å². The second kappa shape index (κ2) is 6.99. The predicted octanol–water partition coefficient (Wildman–Crippen LogP) is 1.31. The predicted molar refractivity (Wildman–Crippen MR) is 61.8 cm³/mol. The lowest BCUT2D eigenvalue weighted by Gasteiger charge is -2.30. The fourth-order valence-electron chi connectivity index (χ4n) is 2.06. The fraction of sp³-hybridized carbons (Fsp3) is 0.818. The Hall–Kier alpha value is -0.750. The van der Waals surface area contributed by atoms with Crippen LogP contribution >= 0.6 is 11.6 Å². The summed E-state index contributed by atoms with van der Waals surface area (Å²) in [5, 5.41) is 0. The second-order valence-electron chi connectivity index (χ2n) is 4.14. The normalized spacial score (nSPS) is 23.4. The van der Waals surface area contributed by atoms with Crippen molar-refractivity contribution in [2.75, 3.05) is 25.6 Å². The third-order valence-electron chi connectivity index (χ3n) is 2.93. The number of rotatable bonds is 6. The molecule has 1 saturated heterocycles. The van der Waals surface area contributed by atoms with Crippen molar-refractivity contribution in [2.24, 2.45) is 5.92 Å². The van der Waals surface area contributed by atoms with Gasteiger partial charge < -0.3 is 9.64 Å². The zero-order chi connectivity index (χ0) is 13.7. The van der Waals surface area contributed by atoms with Crippen molar-refractivity contribution in [3.05, 3.63) is 0 Å². The summed E-state index contributed by atoms with van der Waals surface area (Å²) in [6.07, 6.45) is -2.53. The van der Waals surface area contributed by atoms with Gasteiger partial charge in [-0.1, -0.05) is 6.92 Å². The van der Waals surface area contributed by atoms with Crippen molar-refractivity contribution in [2.45, 2.75) is 25.8 Å². The zero-order valence-electron chi connectivity index (χ0n) is 10.1. The zero-order valence-corrected chi connectivity index (χ0v) is 10.8. The van der Waals surface area contributed by atoms with Gasteiger partial charge in [-0.15, -0.1) is 11.6 Å². The number of ketones is 1. The molecular formula is C11H16ClF2NO3. The Morgan fingerprint density at radius 2 is 2.11 bits per heavy atom. The van der Waals surface area contributed by atoms with Crippen LogP contribution in [0.2, 0.25) is 0 Å². The maximum absolute atomic E-state index is 12.5. The van der Waals surface area contributed by atoms with E-state index in [0.717, 1.165) is 4.90 Å². The van der Waals surface area contributed by atoms with Crippen LogP contribution in [0, 0.1) is 5.92 Å². The van der Waals surface area contributed by atoms with E-state index in [1.54, 1.807) is 6.92 Å². The Balaban J connectivity index is 2.84. The summed E-state index contributed by atoms with van der Waals surface area (Å²) >= 11 is 5.46. The van der Waals surface area contributed by atoms with Crippen LogP contribution in [0.15, 0.2) is 0 Å². The number of carbonyl (C=O) groups is 2. The third kappa shape index (κ3) is 3.38. The summed E-state index contributed by atoms with van der Waals surface area (Å²) in [6.45, 7) is 2.20. The van der Waals surface area contributed by atoms with Gasteiger partial charge in [-0.2, -0.15) is 8.78 Å². The molecule has 1 fully saturated rings. The Morgan fingerprint density at radius 3 is 2.61 bits per heavy atom. The molecule has 1 aliphatic rings. The molecule has 7 heteroatoms. The molecule has 0 saturated carbocycles. The molecule has 1 amide bonds. The molecule has 0 bridgehead atoms. The number of nitrogens with zero attached hydrogens (tertiary/aromatic N) is 1. The maximum atomic E-state index is 12.5. The van der Waals surface area contributed by atoms with Crippen molar-refractivity contribution in [1.82, 2.24) is 4.90 Å². The summed E-state index contributed by atoms with van der Waals surface area (Å²) in [5.41, 5.74) is 0. The monoisotopic (exact) mass is 283 g/mol. The molecule has 18 heavy (non-hydrogen) atoms. The van der Waals surface area contributed by atoms with Crippen molar-refractivity contribution in [3.8, 4) is 0 Å². The van der Waals surface area contributed by atoms with Gasteiger partial charge in [-0.3, -0.25) is 9.59 Å². The Labute approximate surface area is 109 Å². The molecule has 1 rings (SSSR count). The van der Waals surface area contributed by atoms with E-state index < -0.39 is 24.3 Å². The highest BCUT2D eigenvalue weighted by molar-refractivity contribution is 6.28. The molecule has 1 heterocycles. The van der Waals surface area contributed by atoms with Crippen LogP contribution in [-0.4, -0.2) is 54.7 Å². The highest BCUT2D eigenvalue weighted by Crippen LogP contribution is 2.23. The lowest BCUT2D eigenvalue weighted by molar-refractivity contribution is -0.146. The van der Waals surface area contributed by atoms with E-state index in [4.69, 9.17) is 16.3 Å². The van der Waals surface area contributed by atoms with Crippen molar-refractivity contribution >= 4 is 23.3 Å². The number of alkyl halides is 3. The second-order valence-corrected chi connectivity index (χ2v) is 4.41. The van der Waals surface area contributed by atoms with Crippen LogP contribution in [0.1, 0.15) is 13.3 Å². The SMILES string of the molecule is CCCN(C(=O)C(F)F)C1COCC1C(=O)CCl. The van der Waals surface area contributed by atoms with E-state index in [9.17, 15) is 18.4 Å². The van der Waals surface area contributed by atoms with E-state index in [1.807, 2.05) is 0 Å². The number of halogens is 3. The number of Topliss-reactive ketones (excluding diaryl/α,β-unsaturated/α-hetero) is 1. The average Bonchev–Trinajstić information content (AvgIpc) is 2.82. The number of carbonyl (C=O) groups excluding carboxylic acids is 2.